The first-order chi connectivity index (χ1) is 7.14. The highest BCUT2D eigenvalue weighted by Crippen LogP contribution is 2.46. The van der Waals surface area contributed by atoms with Crippen molar-refractivity contribution < 1.29 is 26.3 Å². The topological polar surface area (TPSA) is 0 Å². The van der Waals surface area contributed by atoms with Crippen molar-refractivity contribution in [3.8, 4) is 0 Å². The van der Waals surface area contributed by atoms with E-state index in [-0.39, 0.29) is 5.56 Å². The van der Waals surface area contributed by atoms with Crippen LogP contribution in [-0.4, -0.2) is 12.4 Å². The van der Waals surface area contributed by atoms with E-state index < -0.39 is 23.8 Å². The molecule has 0 saturated carbocycles. The van der Waals surface area contributed by atoms with Crippen LogP contribution in [0.25, 0.3) is 0 Å². The highest BCUT2D eigenvalue weighted by molar-refractivity contribution is 5.31. The number of hydrogen-bond donors (Lipinski definition) is 0. The third kappa shape index (κ3) is 2.68. The Hall–Kier alpha value is -1.20. The van der Waals surface area contributed by atoms with Crippen LogP contribution in [0.2, 0.25) is 0 Å². The minimum Gasteiger partial charge on any atom is -0.170 e. The van der Waals surface area contributed by atoms with Crippen LogP contribution in [0.3, 0.4) is 0 Å². The van der Waals surface area contributed by atoms with Crippen LogP contribution in [-0.2, 0) is 0 Å². The normalized spacial score (nSPS) is 13.2. The molecule has 0 fully saturated rings. The first kappa shape index (κ1) is 12.9. The van der Waals surface area contributed by atoms with E-state index in [1.807, 2.05) is 0 Å². The molecule has 16 heavy (non-hydrogen) atoms. The molecule has 0 atom stereocenters. The lowest BCUT2D eigenvalue weighted by atomic mass is 9.94. The van der Waals surface area contributed by atoms with Gasteiger partial charge < -0.3 is 0 Å². The third-order valence-electron chi connectivity index (χ3n) is 2.15. The highest BCUT2D eigenvalue weighted by Gasteiger charge is 2.57. The number of benzene rings is 1. The Kier molecular flexibility index (Phi) is 3.21. The number of alkyl halides is 6. The lowest BCUT2D eigenvalue weighted by Gasteiger charge is -2.24. The predicted octanol–water partition coefficient (Wildman–Crippen LogP) is 4.20. The first-order valence-corrected chi connectivity index (χ1v) is 4.33. The molecule has 0 spiro atoms. The van der Waals surface area contributed by atoms with E-state index in [1.165, 1.54) is 19.1 Å². The van der Waals surface area contributed by atoms with Crippen LogP contribution in [0.15, 0.2) is 24.3 Å². The zero-order valence-corrected chi connectivity index (χ0v) is 8.15. The molecule has 0 saturated heterocycles. The number of aryl methyl sites for hydroxylation is 1. The molecule has 0 aromatic heterocycles. The summed E-state index contributed by atoms with van der Waals surface area (Å²) in [7, 11) is 0. The molecular formula is C10H8F6. The second-order valence-electron chi connectivity index (χ2n) is 3.37. The van der Waals surface area contributed by atoms with Crippen LogP contribution >= 0.6 is 0 Å². The fourth-order valence-electron chi connectivity index (χ4n) is 1.45. The summed E-state index contributed by atoms with van der Waals surface area (Å²) < 4.78 is 74.2. The van der Waals surface area contributed by atoms with Gasteiger partial charge in [-0.15, -0.1) is 0 Å². The maximum Gasteiger partial charge on any atom is 0.404 e. The molecule has 0 aliphatic carbocycles. The molecule has 1 aromatic rings. The van der Waals surface area contributed by atoms with Crippen molar-refractivity contribution in [2.24, 2.45) is 0 Å². The summed E-state index contributed by atoms with van der Waals surface area (Å²) in [5.74, 6) is -3.42. The lowest BCUT2D eigenvalue weighted by molar-refractivity contribution is -0.253. The van der Waals surface area contributed by atoms with E-state index in [9.17, 15) is 26.3 Å². The minimum atomic E-state index is -5.33. The molecule has 0 heterocycles. The Morgan fingerprint density at radius 2 is 1.31 bits per heavy atom. The van der Waals surface area contributed by atoms with Crippen molar-refractivity contribution >= 4 is 0 Å². The van der Waals surface area contributed by atoms with E-state index in [2.05, 4.69) is 0 Å². The summed E-state index contributed by atoms with van der Waals surface area (Å²) in [6.07, 6.45) is -10.7. The SMILES string of the molecule is Cc1ccccc1C(C(F)(F)F)C(F)(F)F. The second kappa shape index (κ2) is 3.99. The fraction of sp³-hybridized carbons (Fsp3) is 0.400. The van der Waals surface area contributed by atoms with Crippen molar-refractivity contribution in [3.63, 3.8) is 0 Å². The number of halogens is 6. The van der Waals surface area contributed by atoms with Gasteiger partial charge in [0.25, 0.3) is 0 Å². The van der Waals surface area contributed by atoms with Gasteiger partial charge >= 0.3 is 12.4 Å². The zero-order valence-electron chi connectivity index (χ0n) is 8.15. The Labute approximate surface area is 87.9 Å². The second-order valence-corrected chi connectivity index (χ2v) is 3.37. The monoisotopic (exact) mass is 242 g/mol. The summed E-state index contributed by atoms with van der Waals surface area (Å²) in [6, 6.07) is 4.62. The van der Waals surface area contributed by atoms with Crippen LogP contribution in [0.5, 0.6) is 0 Å². The van der Waals surface area contributed by atoms with Gasteiger partial charge in [0.15, 0.2) is 5.92 Å². The van der Waals surface area contributed by atoms with Crippen molar-refractivity contribution in [3.05, 3.63) is 35.4 Å². The van der Waals surface area contributed by atoms with Gasteiger partial charge in [-0.3, -0.25) is 0 Å². The van der Waals surface area contributed by atoms with Gasteiger partial charge in [0.05, 0.1) is 0 Å². The molecule has 1 rings (SSSR count). The molecule has 6 heteroatoms. The van der Waals surface area contributed by atoms with E-state index in [4.69, 9.17) is 0 Å². The van der Waals surface area contributed by atoms with Crippen molar-refractivity contribution in [1.29, 1.82) is 0 Å². The van der Waals surface area contributed by atoms with Gasteiger partial charge in [0.2, 0.25) is 0 Å². The van der Waals surface area contributed by atoms with Gasteiger partial charge in [-0.25, -0.2) is 0 Å². The molecule has 0 amide bonds. The van der Waals surface area contributed by atoms with Gasteiger partial charge in [-0.1, -0.05) is 24.3 Å². The van der Waals surface area contributed by atoms with Crippen molar-refractivity contribution in [1.82, 2.24) is 0 Å². The van der Waals surface area contributed by atoms with Gasteiger partial charge in [-0.05, 0) is 18.1 Å². The molecular weight excluding hydrogens is 234 g/mol. The minimum absolute atomic E-state index is 0.0258. The van der Waals surface area contributed by atoms with Crippen LogP contribution in [0.1, 0.15) is 17.0 Å². The molecule has 1 aromatic carbocycles. The van der Waals surface area contributed by atoms with Gasteiger partial charge in [-0.2, -0.15) is 26.3 Å². The summed E-state index contributed by atoms with van der Waals surface area (Å²) in [5, 5.41) is 0. The highest BCUT2D eigenvalue weighted by atomic mass is 19.4. The Balaban J connectivity index is 3.29. The molecule has 0 bridgehead atoms. The molecule has 0 aliphatic heterocycles. The number of hydrogen-bond acceptors (Lipinski definition) is 0. The van der Waals surface area contributed by atoms with Crippen LogP contribution < -0.4 is 0 Å². The smallest absolute Gasteiger partial charge is 0.170 e. The van der Waals surface area contributed by atoms with E-state index in [0.717, 1.165) is 12.1 Å². The van der Waals surface area contributed by atoms with Crippen molar-refractivity contribution in [2.75, 3.05) is 0 Å². The molecule has 0 aliphatic rings. The Morgan fingerprint density at radius 3 is 1.69 bits per heavy atom. The standard InChI is InChI=1S/C10H8F6/c1-6-4-2-3-5-7(6)8(9(11,12)13)10(14,15)16/h2-5,8H,1H3. The molecule has 0 unspecified atom stereocenters. The van der Waals surface area contributed by atoms with Crippen LogP contribution in [0.4, 0.5) is 26.3 Å². The predicted molar refractivity (Wildman–Crippen MR) is 46.0 cm³/mol. The quantitative estimate of drug-likeness (QED) is 0.647. The molecule has 0 radical (unpaired) electrons. The summed E-state index contributed by atoms with van der Waals surface area (Å²) in [5.41, 5.74) is -0.773. The summed E-state index contributed by atoms with van der Waals surface area (Å²) in [6.45, 7) is 1.22. The van der Waals surface area contributed by atoms with Crippen LogP contribution in [0, 0.1) is 6.92 Å². The molecule has 90 valence electrons. The molecule has 0 nitrogen and oxygen atoms in total. The summed E-state index contributed by atoms with van der Waals surface area (Å²) >= 11 is 0. The Bertz CT molecular complexity index is 348. The summed E-state index contributed by atoms with van der Waals surface area (Å²) in [4.78, 5) is 0. The van der Waals surface area contributed by atoms with E-state index >= 15 is 0 Å². The third-order valence-corrected chi connectivity index (χ3v) is 2.15. The van der Waals surface area contributed by atoms with Gasteiger partial charge in [0, 0.05) is 0 Å². The Morgan fingerprint density at radius 1 is 0.875 bits per heavy atom. The maximum absolute atomic E-state index is 12.4. The van der Waals surface area contributed by atoms with E-state index in [1.54, 1.807) is 0 Å². The average Bonchev–Trinajstić information content (AvgIpc) is 2.03. The zero-order chi connectivity index (χ0) is 12.6. The molecule has 0 N–H and O–H groups in total. The average molecular weight is 242 g/mol. The first-order valence-electron chi connectivity index (χ1n) is 4.33. The fourth-order valence-corrected chi connectivity index (χ4v) is 1.45. The van der Waals surface area contributed by atoms with Gasteiger partial charge in [0.1, 0.15) is 0 Å². The van der Waals surface area contributed by atoms with E-state index in [0.29, 0.717) is 0 Å². The maximum atomic E-state index is 12.4. The number of rotatable bonds is 1. The van der Waals surface area contributed by atoms with Crippen molar-refractivity contribution in [2.45, 2.75) is 25.2 Å². The lowest BCUT2D eigenvalue weighted by Crippen LogP contribution is -2.34. The largest absolute Gasteiger partial charge is 0.404 e.